The minimum Gasteiger partial charge on any atom is -0.481 e. The van der Waals surface area contributed by atoms with E-state index in [0.717, 1.165) is 11.6 Å². The molecule has 5 heteroatoms. The zero-order valence-corrected chi connectivity index (χ0v) is 9.52. The van der Waals surface area contributed by atoms with E-state index in [1.807, 2.05) is 11.6 Å². The van der Waals surface area contributed by atoms with Gasteiger partial charge in [-0.15, -0.1) is 10.2 Å². The van der Waals surface area contributed by atoms with Crippen molar-refractivity contribution in [2.75, 3.05) is 0 Å². The van der Waals surface area contributed by atoms with E-state index < -0.39 is 5.97 Å². The van der Waals surface area contributed by atoms with E-state index in [9.17, 15) is 4.79 Å². The van der Waals surface area contributed by atoms with Crippen LogP contribution in [0.1, 0.15) is 49.7 Å². The Bertz CT molecular complexity index is 381. The number of nitrogens with zero attached hydrogens (tertiary/aromatic N) is 3. The third-order valence-corrected chi connectivity index (χ3v) is 3.28. The summed E-state index contributed by atoms with van der Waals surface area (Å²) in [6, 6.07) is 0. The highest BCUT2D eigenvalue weighted by atomic mass is 16.4. The van der Waals surface area contributed by atoms with E-state index in [-0.39, 0.29) is 6.42 Å². The van der Waals surface area contributed by atoms with Gasteiger partial charge < -0.3 is 9.67 Å². The molecule has 1 fully saturated rings. The Morgan fingerprint density at radius 2 is 2.12 bits per heavy atom. The summed E-state index contributed by atoms with van der Waals surface area (Å²) in [7, 11) is 1.94. The van der Waals surface area contributed by atoms with Crippen LogP contribution in [0.3, 0.4) is 0 Å². The Balaban J connectivity index is 2.07. The van der Waals surface area contributed by atoms with Crippen LogP contribution in [0.15, 0.2) is 0 Å². The zero-order chi connectivity index (χ0) is 11.5. The van der Waals surface area contributed by atoms with Crippen LogP contribution < -0.4 is 0 Å². The molecule has 5 nitrogen and oxygen atoms in total. The molecular formula is C11H17N3O2. The molecule has 1 aromatic rings. The van der Waals surface area contributed by atoms with Gasteiger partial charge in [-0.05, 0) is 12.8 Å². The summed E-state index contributed by atoms with van der Waals surface area (Å²) in [4.78, 5) is 10.5. The number of rotatable bonds is 4. The third-order valence-electron chi connectivity index (χ3n) is 3.28. The largest absolute Gasteiger partial charge is 0.481 e. The van der Waals surface area contributed by atoms with Gasteiger partial charge in [-0.3, -0.25) is 4.79 Å². The van der Waals surface area contributed by atoms with Gasteiger partial charge >= 0.3 is 5.97 Å². The smallest absolute Gasteiger partial charge is 0.303 e. The second-order valence-electron chi connectivity index (χ2n) is 4.41. The number of hydrogen-bond donors (Lipinski definition) is 1. The van der Waals surface area contributed by atoms with Crippen molar-refractivity contribution in [1.29, 1.82) is 0 Å². The van der Waals surface area contributed by atoms with Gasteiger partial charge in [0.1, 0.15) is 11.6 Å². The molecule has 0 amide bonds. The molecule has 0 aromatic carbocycles. The predicted molar refractivity (Wildman–Crippen MR) is 58.2 cm³/mol. The minimum absolute atomic E-state index is 0.122. The SMILES string of the molecule is Cn1c(CCC(=O)O)nnc1C1CCCC1. The van der Waals surface area contributed by atoms with Crippen LogP contribution >= 0.6 is 0 Å². The van der Waals surface area contributed by atoms with Crippen LogP contribution in [-0.2, 0) is 18.3 Å². The fraction of sp³-hybridized carbons (Fsp3) is 0.727. The van der Waals surface area contributed by atoms with Crippen LogP contribution in [0.5, 0.6) is 0 Å². The molecule has 16 heavy (non-hydrogen) atoms. The molecule has 1 N–H and O–H groups in total. The highest BCUT2D eigenvalue weighted by Crippen LogP contribution is 2.32. The molecule has 0 spiro atoms. The molecule has 0 unspecified atom stereocenters. The molecule has 88 valence electrons. The molecule has 1 aromatic heterocycles. The number of carboxylic acid groups (broad SMARTS) is 1. The van der Waals surface area contributed by atoms with Crippen LogP contribution in [0.2, 0.25) is 0 Å². The molecule has 0 bridgehead atoms. The molecule has 0 aliphatic heterocycles. The first-order valence-corrected chi connectivity index (χ1v) is 5.78. The number of hydrogen-bond acceptors (Lipinski definition) is 3. The molecule has 0 radical (unpaired) electrons. The predicted octanol–water partition coefficient (Wildman–Crippen LogP) is 1.49. The summed E-state index contributed by atoms with van der Waals surface area (Å²) >= 11 is 0. The van der Waals surface area contributed by atoms with Gasteiger partial charge in [0.05, 0.1) is 6.42 Å². The average Bonchev–Trinajstić information content (AvgIpc) is 2.84. The van der Waals surface area contributed by atoms with Crippen LogP contribution in [-0.4, -0.2) is 25.8 Å². The van der Waals surface area contributed by atoms with Crippen molar-refractivity contribution in [2.45, 2.75) is 44.4 Å². The maximum absolute atomic E-state index is 10.5. The van der Waals surface area contributed by atoms with Gasteiger partial charge in [0.15, 0.2) is 0 Å². The Labute approximate surface area is 94.5 Å². The van der Waals surface area contributed by atoms with E-state index in [1.54, 1.807) is 0 Å². The van der Waals surface area contributed by atoms with Gasteiger partial charge in [0.2, 0.25) is 0 Å². The van der Waals surface area contributed by atoms with Gasteiger partial charge in [-0.25, -0.2) is 0 Å². The quantitative estimate of drug-likeness (QED) is 0.839. The lowest BCUT2D eigenvalue weighted by Gasteiger charge is -2.08. The molecule has 1 heterocycles. The van der Waals surface area contributed by atoms with Gasteiger partial charge in [0, 0.05) is 19.4 Å². The van der Waals surface area contributed by atoms with E-state index in [4.69, 9.17) is 5.11 Å². The Hall–Kier alpha value is -1.39. The molecule has 0 atom stereocenters. The number of aryl methyl sites for hydroxylation is 1. The number of aliphatic carboxylic acids is 1. The number of carbonyl (C=O) groups is 1. The number of carboxylic acids is 1. The molecule has 1 saturated carbocycles. The van der Waals surface area contributed by atoms with Crippen molar-refractivity contribution < 1.29 is 9.90 Å². The van der Waals surface area contributed by atoms with Crippen molar-refractivity contribution in [3.8, 4) is 0 Å². The first-order chi connectivity index (χ1) is 7.68. The zero-order valence-electron chi connectivity index (χ0n) is 9.52. The summed E-state index contributed by atoms with van der Waals surface area (Å²) < 4.78 is 1.97. The van der Waals surface area contributed by atoms with Crippen molar-refractivity contribution in [3.63, 3.8) is 0 Å². The van der Waals surface area contributed by atoms with Gasteiger partial charge in [-0.1, -0.05) is 12.8 Å². The molecule has 1 aliphatic rings. The van der Waals surface area contributed by atoms with Crippen LogP contribution in [0.4, 0.5) is 0 Å². The lowest BCUT2D eigenvalue weighted by Crippen LogP contribution is -2.07. The van der Waals surface area contributed by atoms with Crippen molar-refractivity contribution in [2.24, 2.45) is 7.05 Å². The lowest BCUT2D eigenvalue weighted by molar-refractivity contribution is -0.137. The van der Waals surface area contributed by atoms with Gasteiger partial charge in [-0.2, -0.15) is 0 Å². The summed E-state index contributed by atoms with van der Waals surface area (Å²) in [5.41, 5.74) is 0. The van der Waals surface area contributed by atoms with E-state index in [1.165, 1.54) is 25.7 Å². The average molecular weight is 223 g/mol. The van der Waals surface area contributed by atoms with E-state index in [2.05, 4.69) is 10.2 Å². The van der Waals surface area contributed by atoms with Crippen molar-refractivity contribution in [3.05, 3.63) is 11.6 Å². The standard InChI is InChI=1S/C11H17N3O2/c1-14-9(6-7-10(15)16)12-13-11(14)8-4-2-3-5-8/h8H,2-7H2,1H3,(H,15,16). The van der Waals surface area contributed by atoms with E-state index >= 15 is 0 Å². The van der Waals surface area contributed by atoms with Gasteiger partial charge in [0.25, 0.3) is 0 Å². The maximum atomic E-state index is 10.5. The minimum atomic E-state index is -0.787. The summed E-state index contributed by atoms with van der Waals surface area (Å²) in [6.45, 7) is 0. The fourth-order valence-electron chi connectivity index (χ4n) is 2.35. The lowest BCUT2D eigenvalue weighted by atomic mass is 10.1. The molecular weight excluding hydrogens is 206 g/mol. The van der Waals surface area contributed by atoms with Crippen LogP contribution in [0, 0.1) is 0 Å². The monoisotopic (exact) mass is 223 g/mol. The molecule has 0 saturated heterocycles. The fourth-order valence-corrected chi connectivity index (χ4v) is 2.35. The Morgan fingerprint density at radius 3 is 2.75 bits per heavy atom. The Kier molecular flexibility index (Phi) is 3.22. The third kappa shape index (κ3) is 2.23. The topological polar surface area (TPSA) is 68.0 Å². The second-order valence-corrected chi connectivity index (χ2v) is 4.41. The maximum Gasteiger partial charge on any atom is 0.303 e. The molecule has 2 rings (SSSR count). The second kappa shape index (κ2) is 4.63. The first-order valence-electron chi connectivity index (χ1n) is 5.78. The summed E-state index contributed by atoms with van der Waals surface area (Å²) in [5, 5.41) is 16.9. The van der Waals surface area contributed by atoms with Crippen molar-refractivity contribution in [1.82, 2.24) is 14.8 Å². The van der Waals surface area contributed by atoms with Crippen molar-refractivity contribution >= 4 is 5.97 Å². The van der Waals surface area contributed by atoms with E-state index in [0.29, 0.717) is 12.3 Å². The first kappa shape index (κ1) is 11.1. The molecule has 1 aliphatic carbocycles. The Morgan fingerprint density at radius 1 is 1.44 bits per heavy atom. The van der Waals surface area contributed by atoms with Crippen LogP contribution in [0.25, 0.3) is 0 Å². The highest BCUT2D eigenvalue weighted by Gasteiger charge is 2.22. The highest BCUT2D eigenvalue weighted by molar-refractivity contribution is 5.66. The summed E-state index contributed by atoms with van der Waals surface area (Å²) in [6.07, 6.45) is 5.49. The normalized spacial score (nSPS) is 16.8. The summed E-state index contributed by atoms with van der Waals surface area (Å²) in [5.74, 6) is 1.55. The number of aromatic nitrogens is 3.